The van der Waals surface area contributed by atoms with Gasteiger partial charge in [-0.05, 0) is 37.6 Å². The van der Waals surface area contributed by atoms with Gasteiger partial charge in [0, 0.05) is 25.0 Å². The molecule has 21 heavy (non-hydrogen) atoms. The molecule has 2 fully saturated rings. The van der Waals surface area contributed by atoms with Gasteiger partial charge in [0.1, 0.15) is 0 Å². The van der Waals surface area contributed by atoms with Gasteiger partial charge in [0.2, 0.25) is 5.91 Å². The third-order valence-corrected chi connectivity index (χ3v) is 5.02. The number of pyridine rings is 1. The fourth-order valence-corrected chi connectivity index (χ4v) is 3.82. The minimum Gasteiger partial charge on any atom is -0.331 e. The van der Waals surface area contributed by atoms with Crippen molar-refractivity contribution in [2.45, 2.75) is 19.0 Å². The lowest BCUT2D eigenvalue weighted by Gasteiger charge is -2.19. The summed E-state index contributed by atoms with van der Waals surface area (Å²) in [7, 11) is 0. The van der Waals surface area contributed by atoms with Crippen molar-refractivity contribution >= 4 is 17.7 Å². The molecule has 2 N–H and O–H groups in total. The third kappa shape index (κ3) is 3.96. The van der Waals surface area contributed by atoms with E-state index in [1.165, 1.54) is 0 Å². The highest BCUT2D eigenvalue weighted by Gasteiger charge is 2.32. The minimum absolute atomic E-state index is 0.0188. The van der Waals surface area contributed by atoms with Gasteiger partial charge >= 0.3 is 0 Å². The third-order valence-electron chi connectivity index (χ3n) is 4.05. The van der Waals surface area contributed by atoms with Crippen LogP contribution in [0.3, 0.4) is 0 Å². The molecule has 2 aliphatic heterocycles. The van der Waals surface area contributed by atoms with E-state index in [1.54, 1.807) is 0 Å². The molecule has 6 heteroatoms. The zero-order chi connectivity index (χ0) is 14.5. The minimum atomic E-state index is 0.0188. The van der Waals surface area contributed by atoms with E-state index in [1.807, 2.05) is 41.1 Å². The highest BCUT2D eigenvalue weighted by molar-refractivity contribution is 7.99. The molecule has 3 heterocycles. The number of carbonyl (C=O) groups excluding carboxylic acids is 1. The van der Waals surface area contributed by atoms with Crippen molar-refractivity contribution in [2.24, 2.45) is 5.92 Å². The van der Waals surface area contributed by atoms with Crippen LogP contribution >= 0.6 is 11.8 Å². The van der Waals surface area contributed by atoms with E-state index in [2.05, 4.69) is 15.6 Å². The highest BCUT2D eigenvalue weighted by atomic mass is 32.2. The van der Waals surface area contributed by atoms with E-state index >= 15 is 0 Å². The number of amides is 1. The SMILES string of the molecule is O=C([C@@H]1C[C@@H](CNCc2ccccn2)CN1)N1CCSC1. The van der Waals surface area contributed by atoms with Gasteiger partial charge in [-0.2, -0.15) is 0 Å². The number of hydrogen-bond donors (Lipinski definition) is 2. The number of nitrogens with zero attached hydrogens (tertiary/aromatic N) is 2. The van der Waals surface area contributed by atoms with Gasteiger partial charge in [-0.25, -0.2) is 0 Å². The van der Waals surface area contributed by atoms with E-state index in [4.69, 9.17) is 0 Å². The molecule has 0 aliphatic carbocycles. The first-order valence-electron chi connectivity index (χ1n) is 7.53. The summed E-state index contributed by atoms with van der Waals surface area (Å²) in [6.45, 7) is 3.55. The van der Waals surface area contributed by atoms with Gasteiger partial charge in [0.25, 0.3) is 0 Å². The topological polar surface area (TPSA) is 57.3 Å². The molecule has 0 bridgehead atoms. The molecule has 3 rings (SSSR count). The summed E-state index contributed by atoms with van der Waals surface area (Å²) in [5.41, 5.74) is 1.06. The van der Waals surface area contributed by atoms with Crippen LogP contribution in [0.1, 0.15) is 12.1 Å². The summed E-state index contributed by atoms with van der Waals surface area (Å²) in [5, 5.41) is 6.82. The zero-order valence-electron chi connectivity index (χ0n) is 12.1. The molecular weight excluding hydrogens is 284 g/mol. The average Bonchev–Trinajstić information content (AvgIpc) is 3.19. The molecule has 0 unspecified atom stereocenters. The molecular formula is C15H22N4OS. The van der Waals surface area contributed by atoms with Crippen LogP contribution in [-0.4, -0.2) is 53.1 Å². The maximum Gasteiger partial charge on any atom is 0.240 e. The summed E-state index contributed by atoms with van der Waals surface area (Å²) in [4.78, 5) is 18.6. The maximum atomic E-state index is 12.3. The Kier molecular flexibility index (Phi) is 5.11. The van der Waals surface area contributed by atoms with E-state index in [0.29, 0.717) is 5.92 Å². The smallest absolute Gasteiger partial charge is 0.240 e. The fourth-order valence-electron chi connectivity index (χ4n) is 2.87. The monoisotopic (exact) mass is 306 g/mol. The molecule has 0 radical (unpaired) electrons. The first kappa shape index (κ1) is 14.8. The van der Waals surface area contributed by atoms with Crippen molar-refractivity contribution in [1.29, 1.82) is 0 Å². The van der Waals surface area contributed by atoms with Crippen LogP contribution in [0.15, 0.2) is 24.4 Å². The molecule has 2 aliphatic rings. The van der Waals surface area contributed by atoms with Gasteiger partial charge in [-0.1, -0.05) is 6.07 Å². The first-order chi connectivity index (χ1) is 10.3. The molecule has 5 nitrogen and oxygen atoms in total. The second-order valence-corrected chi connectivity index (χ2v) is 6.73. The molecule has 1 aromatic heterocycles. The van der Waals surface area contributed by atoms with Gasteiger partial charge in [0.15, 0.2) is 0 Å². The first-order valence-corrected chi connectivity index (χ1v) is 8.69. The second-order valence-electron chi connectivity index (χ2n) is 5.65. The number of rotatable bonds is 5. The summed E-state index contributed by atoms with van der Waals surface area (Å²) in [6, 6.07) is 5.98. The molecule has 114 valence electrons. The van der Waals surface area contributed by atoms with Crippen molar-refractivity contribution in [3.05, 3.63) is 30.1 Å². The Labute approximate surface area is 129 Å². The number of thioether (sulfide) groups is 1. The molecule has 1 amide bonds. The summed E-state index contributed by atoms with van der Waals surface area (Å²) in [6.07, 6.45) is 2.76. The van der Waals surface area contributed by atoms with Crippen LogP contribution in [-0.2, 0) is 11.3 Å². The van der Waals surface area contributed by atoms with Crippen molar-refractivity contribution in [3.8, 4) is 0 Å². The van der Waals surface area contributed by atoms with Crippen LogP contribution < -0.4 is 10.6 Å². The van der Waals surface area contributed by atoms with Gasteiger partial charge < -0.3 is 15.5 Å². The summed E-state index contributed by atoms with van der Waals surface area (Å²) < 4.78 is 0. The Morgan fingerprint density at radius 3 is 3.24 bits per heavy atom. The summed E-state index contributed by atoms with van der Waals surface area (Å²) in [5.74, 6) is 2.75. The number of aromatic nitrogens is 1. The van der Waals surface area contributed by atoms with Crippen molar-refractivity contribution in [2.75, 3.05) is 31.3 Å². The van der Waals surface area contributed by atoms with Gasteiger partial charge in [-0.3, -0.25) is 9.78 Å². The fraction of sp³-hybridized carbons (Fsp3) is 0.600. The van der Waals surface area contributed by atoms with E-state index in [0.717, 1.165) is 49.9 Å². The molecule has 0 spiro atoms. The Morgan fingerprint density at radius 1 is 1.52 bits per heavy atom. The van der Waals surface area contributed by atoms with Crippen molar-refractivity contribution < 1.29 is 4.79 Å². The highest BCUT2D eigenvalue weighted by Crippen LogP contribution is 2.19. The van der Waals surface area contributed by atoms with Crippen LogP contribution in [0.5, 0.6) is 0 Å². The lowest BCUT2D eigenvalue weighted by molar-refractivity contribution is -0.131. The Morgan fingerprint density at radius 2 is 2.48 bits per heavy atom. The van der Waals surface area contributed by atoms with Crippen molar-refractivity contribution in [3.63, 3.8) is 0 Å². The number of carbonyl (C=O) groups is 1. The molecule has 1 aromatic rings. The predicted molar refractivity (Wildman–Crippen MR) is 84.9 cm³/mol. The normalized spacial score (nSPS) is 25.4. The van der Waals surface area contributed by atoms with Crippen LogP contribution in [0.4, 0.5) is 0 Å². The zero-order valence-corrected chi connectivity index (χ0v) is 12.9. The van der Waals surface area contributed by atoms with Crippen molar-refractivity contribution in [1.82, 2.24) is 20.5 Å². The number of hydrogen-bond acceptors (Lipinski definition) is 5. The molecule has 0 aromatic carbocycles. The lowest BCUT2D eigenvalue weighted by Crippen LogP contribution is -2.42. The Balaban J connectivity index is 1.39. The van der Waals surface area contributed by atoms with Crippen LogP contribution in [0, 0.1) is 5.92 Å². The standard InChI is InChI=1S/C15H22N4OS/c20-15(19-5-6-21-11-19)14-7-12(9-18-14)8-16-10-13-3-1-2-4-17-13/h1-4,12,14,16,18H,5-11H2/t12-,14-/m0/s1. The molecule has 0 saturated carbocycles. The van der Waals surface area contributed by atoms with E-state index in [-0.39, 0.29) is 11.9 Å². The maximum absolute atomic E-state index is 12.3. The van der Waals surface area contributed by atoms with Crippen LogP contribution in [0.2, 0.25) is 0 Å². The van der Waals surface area contributed by atoms with E-state index < -0.39 is 0 Å². The van der Waals surface area contributed by atoms with E-state index in [9.17, 15) is 4.79 Å². The van der Waals surface area contributed by atoms with Gasteiger partial charge in [-0.15, -0.1) is 11.8 Å². The second kappa shape index (κ2) is 7.24. The Bertz CT molecular complexity index is 464. The quantitative estimate of drug-likeness (QED) is 0.838. The molecule has 2 saturated heterocycles. The summed E-state index contributed by atoms with van der Waals surface area (Å²) >= 11 is 1.84. The predicted octanol–water partition coefficient (Wildman–Crippen LogP) is 0.682. The number of nitrogens with one attached hydrogen (secondary N) is 2. The Hall–Kier alpha value is -1.11. The lowest BCUT2D eigenvalue weighted by atomic mass is 10.0. The molecule has 2 atom stereocenters. The average molecular weight is 306 g/mol. The van der Waals surface area contributed by atoms with Crippen LogP contribution in [0.25, 0.3) is 0 Å². The van der Waals surface area contributed by atoms with Gasteiger partial charge in [0.05, 0.1) is 17.6 Å². The largest absolute Gasteiger partial charge is 0.331 e.